The monoisotopic (exact) mass is 308 g/mol. The second-order valence-corrected chi connectivity index (χ2v) is 5.96. The van der Waals surface area contributed by atoms with E-state index < -0.39 is 0 Å². The first kappa shape index (κ1) is 14.1. The summed E-state index contributed by atoms with van der Waals surface area (Å²) in [6, 6.07) is 10.7. The van der Waals surface area contributed by atoms with Crippen molar-refractivity contribution < 1.29 is 4.39 Å². The SMILES string of the molecule is Fc1ccc([C@H](Nc2ccc3nccnc3n2)C2CCC2)cc1. The molecule has 4 nitrogen and oxygen atoms in total. The molecule has 1 aromatic carbocycles. The van der Waals surface area contributed by atoms with Crippen LogP contribution in [0.15, 0.2) is 48.8 Å². The summed E-state index contributed by atoms with van der Waals surface area (Å²) in [4.78, 5) is 13.0. The Bertz CT molecular complexity index is 815. The molecule has 0 bridgehead atoms. The van der Waals surface area contributed by atoms with Gasteiger partial charge < -0.3 is 5.32 Å². The van der Waals surface area contributed by atoms with E-state index in [-0.39, 0.29) is 11.9 Å². The van der Waals surface area contributed by atoms with Gasteiger partial charge in [0, 0.05) is 12.4 Å². The molecule has 0 unspecified atom stereocenters. The van der Waals surface area contributed by atoms with E-state index in [1.54, 1.807) is 12.4 Å². The van der Waals surface area contributed by atoms with Gasteiger partial charge in [0.1, 0.15) is 17.2 Å². The van der Waals surface area contributed by atoms with Gasteiger partial charge in [0.25, 0.3) is 0 Å². The van der Waals surface area contributed by atoms with Gasteiger partial charge in [-0.3, -0.25) is 4.98 Å². The van der Waals surface area contributed by atoms with Crippen molar-refractivity contribution in [3.63, 3.8) is 0 Å². The molecular formula is C18H17FN4. The predicted molar refractivity (Wildman–Crippen MR) is 87.4 cm³/mol. The van der Waals surface area contributed by atoms with Gasteiger partial charge in [0.15, 0.2) is 5.65 Å². The van der Waals surface area contributed by atoms with Crippen molar-refractivity contribution in [2.24, 2.45) is 5.92 Å². The molecule has 2 aromatic heterocycles. The Balaban J connectivity index is 1.64. The van der Waals surface area contributed by atoms with Crippen LogP contribution in [-0.2, 0) is 0 Å². The van der Waals surface area contributed by atoms with Gasteiger partial charge >= 0.3 is 0 Å². The maximum Gasteiger partial charge on any atom is 0.180 e. The van der Waals surface area contributed by atoms with Gasteiger partial charge in [-0.05, 0) is 48.6 Å². The van der Waals surface area contributed by atoms with Crippen molar-refractivity contribution in [1.82, 2.24) is 15.0 Å². The lowest BCUT2D eigenvalue weighted by Gasteiger charge is -2.35. The van der Waals surface area contributed by atoms with Gasteiger partial charge in [0.2, 0.25) is 0 Å². The fourth-order valence-electron chi connectivity index (χ4n) is 3.01. The maximum absolute atomic E-state index is 13.2. The van der Waals surface area contributed by atoms with Crippen molar-refractivity contribution in [3.8, 4) is 0 Å². The number of nitrogens with one attached hydrogen (secondary N) is 1. The smallest absolute Gasteiger partial charge is 0.180 e. The Kier molecular flexibility index (Phi) is 3.61. The maximum atomic E-state index is 13.2. The van der Waals surface area contributed by atoms with Crippen molar-refractivity contribution in [3.05, 3.63) is 60.2 Å². The van der Waals surface area contributed by atoms with Gasteiger partial charge in [-0.2, -0.15) is 0 Å². The van der Waals surface area contributed by atoms with E-state index >= 15 is 0 Å². The van der Waals surface area contributed by atoms with Crippen molar-refractivity contribution in [2.45, 2.75) is 25.3 Å². The van der Waals surface area contributed by atoms with Crippen LogP contribution in [-0.4, -0.2) is 15.0 Å². The number of pyridine rings is 1. The largest absolute Gasteiger partial charge is 0.363 e. The number of hydrogen-bond donors (Lipinski definition) is 1. The second kappa shape index (κ2) is 5.91. The zero-order valence-corrected chi connectivity index (χ0v) is 12.6. The van der Waals surface area contributed by atoms with Crippen LogP contribution in [0.4, 0.5) is 10.2 Å². The van der Waals surface area contributed by atoms with Crippen molar-refractivity contribution in [1.29, 1.82) is 0 Å². The summed E-state index contributed by atoms with van der Waals surface area (Å²) in [5, 5.41) is 3.51. The number of fused-ring (bicyclic) bond motifs is 1. The zero-order valence-electron chi connectivity index (χ0n) is 12.6. The average molecular weight is 308 g/mol. The normalized spacial score (nSPS) is 16.0. The van der Waals surface area contributed by atoms with Crippen LogP contribution in [0.5, 0.6) is 0 Å². The molecule has 0 amide bonds. The fraction of sp³-hybridized carbons (Fsp3) is 0.278. The molecule has 1 fully saturated rings. The molecule has 23 heavy (non-hydrogen) atoms. The number of halogens is 1. The number of aromatic nitrogens is 3. The van der Waals surface area contributed by atoms with E-state index in [9.17, 15) is 4.39 Å². The predicted octanol–water partition coefficient (Wildman–Crippen LogP) is 4.12. The van der Waals surface area contributed by atoms with Gasteiger partial charge in [-0.15, -0.1) is 0 Å². The summed E-state index contributed by atoms with van der Waals surface area (Å²) in [6.45, 7) is 0. The molecular weight excluding hydrogens is 291 g/mol. The first-order chi connectivity index (χ1) is 11.3. The number of anilines is 1. The lowest BCUT2D eigenvalue weighted by atomic mass is 9.77. The standard InChI is InChI=1S/C18H17FN4/c19-14-6-4-13(5-7-14)17(12-2-1-3-12)22-16-9-8-15-18(23-16)21-11-10-20-15/h4-12,17H,1-3H2,(H,21,22,23)/t17-/m1/s1. The van der Waals surface area contributed by atoms with Crippen molar-refractivity contribution >= 4 is 17.0 Å². The molecule has 1 saturated carbocycles. The van der Waals surface area contributed by atoms with Crippen LogP contribution in [0.3, 0.4) is 0 Å². The summed E-state index contributed by atoms with van der Waals surface area (Å²) in [7, 11) is 0. The van der Waals surface area contributed by atoms with E-state index in [4.69, 9.17) is 0 Å². The summed E-state index contributed by atoms with van der Waals surface area (Å²) in [6.07, 6.45) is 6.92. The molecule has 5 heteroatoms. The molecule has 0 radical (unpaired) electrons. The van der Waals surface area contributed by atoms with Crippen LogP contribution >= 0.6 is 0 Å². The third-order valence-electron chi connectivity index (χ3n) is 4.49. The lowest BCUT2D eigenvalue weighted by Crippen LogP contribution is -2.26. The average Bonchev–Trinajstić information content (AvgIpc) is 2.53. The topological polar surface area (TPSA) is 50.7 Å². The molecule has 0 aliphatic heterocycles. The first-order valence-corrected chi connectivity index (χ1v) is 7.89. The minimum absolute atomic E-state index is 0.144. The van der Waals surface area contributed by atoms with Gasteiger partial charge in [-0.25, -0.2) is 14.4 Å². The first-order valence-electron chi connectivity index (χ1n) is 7.89. The van der Waals surface area contributed by atoms with E-state index in [2.05, 4.69) is 20.3 Å². The van der Waals surface area contributed by atoms with Crippen LogP contribution in [0.2, 0.25) is 0 Å². The highest BCUT2D eigenvalue weighted by Gasteiger charge is 2.28. The van der Waals surface area contributed by atoms with E-state index in [0.29, 0.717) is 11.6 Å². The highest BCUT2D eigenvalue weighted by Crippen LogP contribution is 2.39. The molecule has 2 heterocycles. The Hall–Kier alpha value is -2.56. The molecule has 1 N–H and O–H groups in total. The fourth-order valence-corrected chi connectivity index (χ4v) is 3.01. The molecule has 1 aliphatic carbocycles. The lowest BCUT2D eigenvalue weighted by molar-refractivity contribution is 0.276. The number of benzene rings is 1. The second-order valence-electron chi connectivity index (χ2n) is 5.96. The Labute approximate surface area is 133 Å². The Morgan fingerprint density at radius 3 is 2.52 bits per heavy atom. The van der Waals surface area contributed by atoms with Crippen LogP contribution in [0.1, 0.15) is 30.9 Å². The van der Waals surface area contributed by atoms with E-state index in [0.717, 1.165) is 16.9 Å². The van der Waals surface area contributed by atoms with Gasteiger partial charge in [-0.1, -0.05) is 18.6 Å². The molecule has 116 valence electrons. The minimum Gasteiger partial charge on any atom is -0.363 e. The molecule has 1 aliphatic rings. The quantitative estimate of drug-likeness (QED) is 0.788. The molecule has 0 spiro atoms. The third kappa shape index (κ3) is 2.86. The van der Waals surface area contributed by atoms with Crippen LogP contribution < -0.4 is 5.32 Å². The minimum atomic E-state index is -0.208. The summed E-state index contributed by atoms with van der Waals surface area (Å²) >= 11 is 0. The Morgan fingerprint density at radius 1 is 1.00 bits per heavy atom. The van der Waals surface area contributed by atoms with Crippen LogP contribution in [0, 0.1) is 11.7 Å². The number of nitrogens with zero attached hydrogens (tertiary/aromatic N) is 3. The van der Waals surface area contributed by atoms with E-state index in [1.165, 1.54) is 31.4 Å². The summed E-state index contributed by atoms with van der Waals surface area (Å²) < 4.78 is 13.2. The zero-order chi connectivity index (χ0) is 15.6. The highest BCUT2D eigenvalue weighted by atomic mass is 19.1. The molecule has 3 aromatic rings. The van der Waals surface area contributed by atoms with Gasteiger partial charge in [0.05, 0.1) is 6.04 Å². The Morgan fingerprint density at radius 2 is 1.78 bits per heavy atom. The van der Waals surface area contributed by atoms with Crippen molar-refractivity contribution in [2.75, 3.05) is 5.32 Å². The molecule has 4 rings (SSSR count). The third-order valence-corrected chi connectivity index (χ3v) is 4.49. The summed E-state index contributed by atoms with van der Waals surface area (Å²) in [5.74, 6) is 1.12. The van der Waals surface area contributed by atoms with Crippen LogP contribution in [0.25, 0.3) is 11.2 Å². The molecule has 0 saturated heterocycles. The molecule has 1 atom stereocenters. The number of rotatable bonds is 4. The van der Waals surface area contributed by atoms with E-state index in [1.807, 2.05) is 24.3 Å². The highest BCUT2D eigenvalue weighted by molar-refractivity contribution is 5.71. The summed E-state index contributed by atoms with van der Waals surface area (Å²) in [5.41, 5.74) is 2.50. The number of hydrogen-bond acceptors (Lipinski definition) is 4.